The standard InChI is InChI=1S/C17H26N2O5S/c1-12-7-5-6-10-19(12)17(20)13(2)18-25(21,22)14-8-9-15(23-3)16(11-14)24-4/h8-9,11-13,18H,5-7,10H2,1-4H3. The molecule has 1 amide bonds. The van der Waals surface area contributed by atoms with Crippen molar-refractivity contribution in [2.45, 2.75) is 50.1 Å². The Hall–Kier alpha value is -1.80. The van der Waals surface area contributed by atoms with Crippen molar-refractivity contribution < 1.29 is 22.7 Å². The van der Waals surface area contributed by atoms with Crippen molar-refractivity contribution in [1.82, 2.24) is 9.62 Å². The fourth-order valence-electron chi connectivity index (χ4n) is 3.01. The number of nitrogens with zero attached hydrogens (tertiary/aromatic N) is 1. The van der Waals surface area contributed by atoms with Crippen molar-refractivity contribution in [2.75, 3.05) is 20.8 Å². The van der Waals surface area contributed by atoms with E-state index in [1.807, 2.05) is 6.92 Å². The van der Waals surface area contributed by atoms with Crippen LogP contribution in [0.4, 0.5) is 0 Å². The summed E-state index contributed by atoms with van der Waals surface area (Å²) in [5.74, 6) is 0.554. The lowest BCUT2D eigenvalue weighted by Gasteiger charge is -2.35. The molecule has 1 saturated heterocycles. The van der Waals surface area contributed by atoms with Crippen molar-refractivity contribution in [2.24, 2.45) is 0 Å². The number of hydrogen-bond donors (Lipinski definition) is 1. The molecule has 8 heteroatoms. The molecule has 1 fully saturated rings. The summed E-state index contributed by atoms with van der Waals surface area (Å²) < 4.78 is 37.9. The molecule has 1 aliphatic heterocycles. The van der Waals surface area contributed by atoms with E-state index in [4.69, 9.17) is 9.47 Å². The van der Waals surface area contributed by atoms with Crippen molar-refractivity contribution in [3.8, 4) is 11.5 Å². The molecule has 25 heavy (non-hydrogen) atoms. The first kappa shape index (κ1) is 19.5. The lowest BCUT2D eigenvalue weighted by Crippen LogP contribution is -2.51. The van der Waals surface area contributed by atoms with E-state index >= 15 is 0 Å². The van der Waals surface area contributed by atoms with Crippen molar-refractivity contribution in [1.29, 1.82) is 0 Å². The summed E-state index contributed by atoms with van der Waals surface area (Å²) in [7, 11) is -0.938. The molecule has 0 aliphatic carbocycles. The van der Waals surface area contributed by atoms with Gasteiger partial charge < -0.3 is 14.4 Å². The van der Waals surface area contributed by atoms with E-state index in [9.17, 15) is 13.2 Å². The second-order valence-corrected chi connectivity index (χ2v) is 7.95. The van der Waals surface area contributed by atoms with Crippen LogP contribution in [-0.2, 0) is 14.8 Å². The Morgan fingerprint density at radius 1 is 1.24 bits per heavy atom. The highest BCUT2D eigenvalue weighted by Crippen LogP contribution is 2.29. The molecule has 0 radical (unpaired) electrons. The average Bonchev–Trinajstić information content (AvgIpc) is 2.60. The summed E-state index contributed by atoms with van der Waals surface area (Å²) in [6, 6.07) is 3.62. The summed E-state index contributed by atoms with van der Waals surface area (Å²) in [6.45, 7) is 4.23. The predicted molar refractivity (Wildman–Crippen MR) is 94.4 cm³/mol. The molecular weight excluding hydrogens is 344 g/mol. The van der Waals surface area contributed by atoms with Crippen LogP contribution in [0.2, 0.25) is 0 Å². The number of benzene rings is 1. The normalized spacial score (nSPS) is 19.4. The number of sulfonamides is 1. The van der Waals surface area contributed by atoms with Crippen LogP contribution < -0.4 is 14.2 Å². The summed E-state index contributed by atoms with van der Waals surface area (Å²) in [5, 5.41) is 0. The third-order valence-corrected chi connectivity index (χ3v) is 5.99. The van der Waals surface area contributed by atoms with Crippen molar-refractivity contribution in [3.63, 3.8) is 0 Å². The Balaban J connectivity index is 2.16. The molecule has 1 aromatic rings. The SMILES string of the molecule is COc1ccc(S(=O)(=O)NC(C)C(=O)N2CCCCC2C)cc1OC. The van der Waals surface area contributed by atoms with Crippen LogP contribution in [0.5, 0.6) is 11.5 Å². The van der Waals surface area contributed by atoms with E-state index in [1.54, 1.807) is 11.8 Å². The number of nitrogens with one attached hydrogen (secondary N) is 1. The Morgan fingerprint density at radius 2 is 1.92 bits per heavy atom. The van der Waals surface area contributed by atoms with Gasteiger partial charge in [-0.1, -0.05) is 0 Å². The first-order valence-corrected chi connectivity index (χ1v) is 9.83. The highest BCUT2D eigenvalue weighted by Gasteiger charge is 2.30. The van der Waals surface area contributed by atoms with Crippen LogP contribution in [0.15, 0.2) is 23.1 Å². The van der Waals surface area contributed by atoms with E-state index < -0.39 is 16.1 Å². The summed E-state index contributed by atoms with van der Waals surface area (Å²) in [4.78, 5) is 14.4. The van der Waals surface area contributed by atoms with Crippen LogP contribution in [0.25, 0.3) is 0 Å². The predicted octanol–water partition coefficient (Wildman–Crippen LogP) is 1.77. The lowest BCUT2D eigenvalue weighted by molar-refractivity contribution is -0.135. The molecule has 1 aromatic carbocycles. The van der Waals surface area contributed by atoms with Crippen LogP contribution in [0, 0.1) is 0 Å². The van der Waals surface area contributed by atoms with Gasteiger partial charge in [0.05, 0.1) is 25.2 Å². The lowest BCUT2D eigenvalue weighted by atomic mass is 10.0. The second-order valence-electron chi connectivity index (χ2n) is 6.24. The van der Waals surface area contributed by atoms with Crippen molar-refractivity contribution >= 4 is 15.9 Å². The fraction of sp³-hybridized carbons (Fsp3) is 0.588. The van der Waals surface area contributed by atoms with Gasteiger partial charge in [0, 0.05) is 18.7 Å². The number of methoxy groups -OCH3 is 2. The molecule has 2 rings (SSSR count). The maximum Gasteiger partial charge on any atom is 0.241 e. The molecule has 0 saturated carbocycles. The molecule has 0 bridgehead atoms. The molecule has 0 spiro atoms. The van der Waals surface area contributed by atoms with Gasteiger partial charge in [0.2, 0.25) is 15.9 Å². The number of carbonyl (C=O) groups is 1. The van der Waals surface area contributed by atoms with E-state index in [0.29, 0.717) is 18.0 Å². The van der Waals surface area contributed by atoms with Crippen LogP contribution in [0.3, 0.4) is 0 Å². The Labute approximate surface area is 149 Å². The highest BCUT2D eigenvalue weighted by molar-refractivity contribution is 7.89. The molecule has 1 N–H and O–H groups in total. The zero-order valence-electron chi connectivity index (χ0n) is 15.1. The quantitative estimate of drug-likeness (QED) is 0.825. The molecule has 1 heterocycles. The maximum absolute atomic E-state index is 12.6. The minimum atomic E-state index is -3.85. The largest absolute Gasteiger partial charge is 0.493 e. The number of likely N-dealkylation sites (tertiary alicyclic amines) is 1. The Bertz CT molecular complexity index is 720. The first-order chi connectivity index (χ1) is 11.8. The van der Waals surface area contributed by atoms with E-state index in [2.05, 4.69) is 4.72 Å². The van der Waals surface area contributed by atoms with Gasteiger partial charge in [-0.05, 0) is 45.2 Å². The topological polar surface area (TPSA) is 84.9 Å². The van der Waals surface area contributed by atoms with Crippen LogP contribution >= 0.6 is 0 Å². The van der Waals surface area contributed by atoms with Gasteiger partial charge in [-0.3, -0.25) is 4.79 Å². The van der Waals surface area contributed by atoms with Crippen LogP contribution in [-0.4, -0.2) is 52.1 Å². The smallest absolute Gasteiger partial charge is 0.241 e. The molecule has 1 aliphatic rings. The maximum atomic E-state index is 12.6. The molecule has 7 nitrogen and oxygen atoms in total. The average molecular weight is 370 g/mol. The number of rotatable bonds is 6. The van der Waals surface area contributed by atoms with E-state index in [-0.39, 0.29) is 16.8 Å². The van der Waals surface area contributed by atoms with E-state index in [0.717, 1.165) is 19.3 Å². The molecule has 0 aromatic heterocycles. The Morgan fingerprint density at radius 3 is 2.52 bits per heavy atom. The zero-order valence-corrected chi connectivity index (χ0v) is 15.9. The minimum absolute atomic E-state index is 0.0245. The summed E-state index contributed by atoms with van der Waals surface area (Å²) in [6.07, 6.45) is 2.99. The molecular formula is C17H26N2O5S. The van der Waals surface area contributed by atoms with Crippen molar-refractivity contribution in [3.05, 3.63) is 18.2 Å². The van der Waals surface area contributed by atoms with Gasteiger partial charge >= 0.3 is 0 Å². The monoisotopic (exact) mass is 370 g/mol. The summed E-state index contributed by atoms with van der Waals surface area (Å²) in [5.41, 5.74) is 0. The Kier molecular flexibility index (Phi) is 6.29. The van der Waals surface area contributed by atoms with Crippen LogP contribution in [0.1, 0.15) is 33.1 Å². The van der Waals surface area contributed by atoms with E-state index in [1.165, 1.54) is 32.4 Å². The molecule has 140 valence electrons. The summed E-state index contributed by atoms with van der Waals surface area (Å²) >= 11 is 0. The fourth-order valence-corrected chi connectivity index (χ4v) is 4.22. The number of hydrogen-bond acceptors (Lipinski definition) is 5. The van der Waals surface area contributed by atoms with Gasteiger partial charge in [-0.15, -0.1) is 0 Å². The van der Waals surface area contributed by atoms with Gasteiger partial charge in [0.1, 0.15) is 0 Å². The van der Waals surface area contributed by atoms with Gasteiger partial charge in [0.15, 0.2) is 11.5 Å². The molecule has 2 unspecified atom stereocenters. The first-order valence-electron chi connectivity index (χ1n) is 8.35. The van der Waals surface area contributed by atoms with Gasteiger partial charge in [-0.2, -0.15) is 4.72 Å². The highest BCUT2D eigenvalue weighted by atomic mass is 32.2. The third-order valence-electron chi connectivity index (χ3n) is 4.45. The van der Waals surface area contributed by atoms with Gasteiger partial charge in [0.25, 0.3) is 0 Å². The zero-order chi connectivity index (χ0) is 18.6. The number of amides is 1. The number of piperidine rings is 1. The number of carbonyl (C=O) groups excluding carboxylic acids is 1. The molecule has 2 atom stereocenters. The minimum Gasteiger partial charge on any atom is -0.493 e. The van der Waals surface area contributed by atoms with Gasteiger partial charge in [-0.25, -0.2) is 8.42 Å². The second kappa shape index (κ2) is 8.05. The number of ether oxygens (including phenoxy) is 2. The third kappa shape index (κ3) is 4.43.